The van der Waals surface area contributed by atoms with Crippen LogP contribution in [0.4, 0.5) is 15.9 Å². The van der Waals surface area contributed by atoms with Gasteiger partial charge in [-0.3, -0.25) is 4.79 Å². The average molecular weight is 419 g/mol. The van der Waals surface area contributed by atoms with Gasteiger partial charge in [-0.05, 0) is 43.9 Å². The zero-order chi connectivity index (χ0) is 19.8. The van der Waals surface area contributed by atoms with E-state index in [4.69, 9.17) is 11.6 Å². The number of carbonyl (C=O) groups is 1. The Morgan fingerprint density at radius 3 is 2.96 bits per heavy atom. The van der Waals surface area contributed by atoms with Gasteiger partial charge < -0.3 is 10.2 Å². The number of piperidine rings is 1. The van der Waals surface area contributed by atoms with Crippen molar-refractivity contribution in [2.24, 2.45) is 5.92 Å². The first-order valence-electron chi connectivity index (χ1n) is 9.19. The highest BCUT2D eigenvalue weighted by Crippen LogP contribution is 2.37. The summed E-state index contributed by atoms with van der Waals surface area (Å²) in [7, 11) is 0. The Balaban J connectivity index is 1.76. The molecule has 0 aliphatic carbocycles. The first kappa shape index (κ1) is 19.1. The molecule has 0 unspecified atom stereocenters. The van der Waals surface area contributed by atoms with Crippen LogP contribution in [0.2, 0.25) is 5.02 Å². The van der Waals surface area contributed by atoms with Crippen LogP contribution < -0.4 is 10.2 Å². The summed E-state index contributed by atoms with van der Waals surface area (Å²) in [5, 5.41) is 3.69. The van der Waals surface area contributed by atoms with E-state index < -0.39 is 5.82 Å². The molecular formula is C20H20ClFN4OS. The molecule has 0 bridgehead atoms. The Bertz CT molecular complexity index is 1050. The van der Waals surface area contributed by atoms with Crippen molar-refractivity contribution in [1.29, 1.82) is 0 Å². The number of aryl methyl sites for hydroxylation is 1. The third-order valence-electron chi connectivity index (χ3n) is 5.01. The predicted molar refractivity (Wildman–Crippen MR) is 112 cm³/mol. The lowest BCUT2D eigenvalue weighted by Gasteiger charge is -2.32. The SMILES string of the molecule is Cc1sc2ncnc(N3CCC[C@H](C)C3)c2c1C(=O)Nc1ccc(Cl)cc1F. The topological polar surface area (TPSA) is 58.1 Å². The van der Waals surface area contributed by atoms with E-state index in [1.165, 1.54) is 29.9 Å². The van der Waals surface area contributed by atoms with Crippen LogP contribution in [-0.2, 0) is 0 Å². The van der Waals surface area contributed by atoms with E-state index >= 15 is 0 Å². The Morgan fingerprint density at radius 2 is 2.21 bits per heavy atom. The molecule has 3 heterocycles. The van der Waals surface area contributed by atoms with Crippen LogP contribution >= 0.6 is 22.9 Å². The molecule has 0 radical (unpaired) electrons. The summed E-state index contributed by atoms with van der Waals surface area (Å²) < 4.78 is 14.2. The molecule has 8 heteroatoms. The minimum absolute atomic E-state index is 0.0955. The summed E-state index contributed by atoms with van der Waals surface area (Å²) in [6, 6.07) is 4.19. The molecule has 1 aliphatic rings. The van der Waals surface area contributed by atoms with Gasteiger partial charge in [-0.15, -0.1) is 11.3 Å². The Kier molecular flexibility index (Phi) is 5.21. The van der Waals surface area contributed by atoms with Crippen LogP contribution in [0.3, 0.4) is 0 Å². The number of hydrogen-bond donors (Lipinski definition) is 1. The fourth-order valence-corrected chi connectivity index (χ4v) is 4.84. The Morgan fingerprint density at radius 1 is 1.39 bits per heavy atom. The number of amides is 1. The molecule has 1 aromatic carbocycles. The maximum atomic E-state index is 14.2. The zero-order valence-corrected chi connectivity index (χ0v) is 17.2. The highest BCUT2D eigenvalue weighted by atomic mass is 35.5. The number of fused-ring (bicyclic) bond motifs is 1. The summed E-state index contributed by atoms with van der Waals surface area (Å²) in [6.45, 7) is 5.90. The summed E-state index contributed by atoms with van der Waals surface area (Å²) in [5.74, 6) is 0.409. The quantitative estimate of drug-likeness (QED) is 0.628. The van der Waals surface area contributed by atoms with Gasteiger partial charge in [-0.1, -0.05) is 18.5 Å². The minimum Gasteiger partial charge on any atom is -0.356 e. The van der Waals surface area contributed by atoms with Gasteiger partial charge in [0.15, 0.2) is 0 Å². The number of aromatic nitrogens is 2. The number of benzene rings is 1. The third kappa shape index (κ3) is 3.56. The number of halogens is 2. The van der Waals surface area contributed by atoms with Crippen LogP contribution in [0.15, 0.2) is 24.5 Å². The molecule has 2 aromatic heterocycles. The van der Waals surface area contributed by atoms with Crippen molar-refractivity contribution in [2.45, 2.75) is 26.7 Å². The van der Waals surface area contributed by atoms with E-state index in [1.807, 2.05) is 6.92 Å². The second-order valence-corrected chi connectivity index (χ2v) is 8.82. The van der Waals surface area contributed by atoms with E-state index in [-0.39, 0.29) is 16.6 Å². The van der Waals surface area contributed by atoms with Crippen molar-refractivity contribution in [3.05, 3.63) is 45.8 Å². The smallest absolute Gasteiger partial charge is 0.257 e. The standard InChI is InChI=1S/C20H20ClFN4OS/c1-11-4-3-7-26(9-11)18-17-16(12(2)28-20(17)24-10-23-18)19(27)25-15-6-5-13(21)8-14(15)22/h5-6,8,10-11H,3-4,7,9H2,1-2H3,(H,25,27)/t11-/m0/s1. The van der Waals surface area contributed by atoms with Crippen LogP contribution in [0.1, 0.15) is 35.0 Å². The lowest BCUT2D eigenvalue weighted by atomic mass is 10.00. The molecule has 1 fully saturated rings. The summed E-state index contributed by atoms with van der Waals surface area (Å²) in [5.41, 5.74) is 0.598. The van der Waals surface area contributed by atoms with Gasteiger partial charge in [0, 0.05) is 23.0 Å². The first-order chi connectivity index (χ1) is 13.4. The molecule has 1 atom stereocenters. The molecule has 5 nitrogen and oxygen atoms in total. The normalized spacial score (nSPS) is 17.1. The maximum Gasteiger partial charge on any atom is 0.257 e. The predicted octanol–water partition coefficient (Wildman–Crippen LogP) is 5.28. The van der Waals surface area contributed by atoms with Gasteiger partial charge >= 0.3 is 0 Å². The molecule has 4 rings (SSSR count). The number of hydrogen-bond acceptors (Lipinski definition) is 5. The first-order valence-corrected chi connectivity index (χ1v) is 10.4. The van der Waals surface area contributed by atoms with Crippen molar-refractivity contribution < 1.29 is 9.18 Å². The summed E-state index contributed by atoms with van der Waals surface area (Å²) in [4.78, 5) is 25.8. The van der Waals surface area contributed by atoms with Gasteiger partial charge in [0.05, 0.1) is 16.6 Å². The number of nitrogens with one attached hydrogen (secondary N) is 1. The number of nitrogens with zero attached hydrogens (tertiary/aromatic N) is 3. The lowest BCUT2D eigenvalue weighted by molar-refractivity contribution is 0.102. The van der Waals surface area contributed by atoms with Gasteiger partial charge in [-0.2, -0.15) is 0 Å². The molecular weight excluding hydrogens is 399 g/mol. The molecule has 1 N–H and O–H groups in total. The molecule has 1 amide bonds. The molecule has 146 valence electrons. The van der Waals surface area contributed by atoms with E-state index in [0.29, 0.717) is 11.5 Å². The monoisotopic (exact) mass is 418 g/mol. The maximum absolute atomic E-state index is 14.2. The van der Waals surface area contributed by atoms with Crippen LogP contribution in [0.5, 0.6) is 0 Å². The minimum atomic E-state index is -0.570. The van der Waals surface area contributed by atoms with Crippen molar-refractivity contribution in [3.63, 3.8) is 0 Å². The summed E-state index contributed by atoms with van der Waals surface area (Å²) in [6.07, 6.45) is 3.83. The molecule has 0 saturated carbocycles. The molecule has 3 aromatic rings. The zero-order valence-electron chi connectivity index (χ0n) is 15.6. The third-order valence-corrected chi connectivity index (χ3v) is 6.26. The van der Waals surface area contributed by atoms with Gasteiger partial charge in [0.1, 0.15) is 22.8 Å². The second kappa shape index (κ2) is 7.64. The van der Waals surface area contributed by atoms with Crippen LogP contribution in [0, 0.1) is 18.7 Å². The number of anilines is 2. The average Bonchev–Trinajstić information content (AvgIpc) is 3.00. The summed E-state index contributed by atoms with van der Waals surface area (Å²) >= 11 is 7.25. The fourth-order valence-electron chi connectivity index (χ4n) is 3.70. The van der Waals surface area contributed by atoms with Crippen LogP contribution in [0.25, 0.3) is 10.2 Å². The Hall–Kier alpha value is -2.25. The highest BCUT2D eigenvalue weighted by Gasteiger charge is 2.26. The highest BCUT2D eigenvalue weighted by molar-refractivity contribution is 7.19. The second-order valence-electron chi connectivity index (χ2n) is 7.18. The fraction of sp³-hybridized carbons (Fsp3) is 0.350. The molecule has 1 saturated heterocycles. The van der Waals surface area contributed by atoms with Crippen molar-refractivity contribution in [3.8, 4) is 0 Å². The molecule has 1 aliphatic heterocycles. The van der Waals surface area contributed by atoms with E-state index in [9.17, 15) is 9.18 Å². The number of carbonyl (C=O) groups excluding carboxylic acids is 1. The van der Waals surface area contributed by atoms with Crippen LogP contribution in [-0.4, -0.2) is 29.0 Å². The van der Waals surface area contributed by atoms with Gasteiger partial charge in [-0.25, -0.2) is 14.4 Å². The lowest BCUT2D eigenvalue weighted by Crippen LogP contribution is -2.35. The molecule has 0 spiro atoms. The van der Waals surface area contributed by atoms with E-state index in [0.717, 1.165) is 40.4 Å². The Labute approximate surface area is 171 Å². The van der Waals surface area contributed by atoms with E-state index in [2.05, 4.69) is 27.1 Å². The molecule has 28 heavy (non-hydrogen) atoms. The van der Waals surface area contributed by atoms with Gasteiger partial charge in [0.2, 0.25) is 0 Å². The van der Waals surface area contributed by atoms with E-state index in [1.54, 1.807) is 12.4 Å². The largest absolute Gasteiger partial charge is 0.356 e. The van der Waals surface area contributed by atoms with Crippen molar-refractivity contribution in [2.75, 3.05) is 23.3 Å². The van der Waals surface area contributed by atoms with Crippen molar-refractivity contribution in [1.82, 2.24) is 9.97 Å². The number of rotatable bonds is 3. The van der Waals surface area contributed by atoms with Crippen molar-refractivity contribution >= 4 is 50.6 Å². The van der Waals surface area contributed by atoms with Gasteiger partial charge in [0.25, 0.3) is 5.91 Å². The number of thiophene rings is 1.